The molecule has 0 atom stereocenters. The van der Waals surface area contributed by atoms with Crippen molar-refractivity contribution >= 4 is 39.4 Å². The van der Waals surface area contributed by atoms with Gasteiger partial charge in [-0.3, -0.25) is 0 Å². The van der Waals surface area contributed by atoms with Crippen molar-refractivity contribution in [3.05, 3.63) is 21.3 Å². The van der Waals surface area contributed by atoms with Crippen LogP contribution in [0.3, 0.4) is 0 Å². The molecule has 0 saturated carbocycles. The van der Waals surface area contributed by atoms with Gasteiger partial charge in [0.2, 0.25) is 0 Å². The second-order valence-electron chi connectivity index (χ2n) is 2.47. The Kier molecular flexibility index (Phi) is 2.42. The fourth-order valence-corrected chi connectivity index (χ4v) is 2.79. The van der Waals surface area contributed by atoms with Gasteiger partial charge < -0.3 is 5.73 Å². The molecule has 6 heteroatoms. The number of rotatable bonds is 1. The van der Waals surface area contributed by atoms with Crippen LogP contribution < -0.4 is 5.73 Å². The van der Waals surface area contributed by atoms with Crippen LogP contribution in [0.2, 0.25) is 5.02 Å². The zero-order chi connectivity index (χ0) is 10.1. The number of nitrogen functional groups attached to an aromatic ring is 1. The van der Waals surface area contributed by atoms with Crippen LogP contribution in [-0.2, 0) is 0 Å². The summed E-state index contributed by atoms with van der Waals surface area (Å²) in [5.74, 6) is 0. The summed E-state index contributed by atoms with van der Waals surface area (Å²) in [4.78, 5) is 5.49. The van der Waals surface area contributed by atoms with Gasteiger partial charge in [-0.15, -0.1) is 11.3 Å². The van der Waals surface area contributed by atoms with Crippen molar-refractivity contribution in [1.82, 2.24) is 4.98 Å². The van der Waals surface area contributed by atoms with Crippen molar-refractivity contribution in [2.45, 2.75) is 0 Å². The molecular formula is C8H4ClN3S2. The van der Waals surface area contributed by atoms with E-state index in [9.17, 15) is 0 Å². The predicted molar refractivity (Wildman–Crippen MR) is 59.6 cm³/mol. The average molecular weight is 242 g/mol. The van der Waals surface area contributed by atoms with E-state index in [1.54, 1.807) is 11.4 Å². The minimum Gasteiger partial charge on any atom is -0.375 e. The Morgan fingerprint density at radius 3 is 2.93 bits per heavy atom. The van der Waals surface area contributed by atoms with Crippen molar-refractivity contribution < 1.29 is 0 Å². The lowest BCUT2D eigenvalue weighted by Gasteiger charge is -1.88. The summed E-state index contributed by atoms with van der Waals surface area (Å²) in [6.07, 6.45) is 0. The van der Waals surface area contributed by atoms with Crippen molar-refractivity contribution in [3.63, 3.8) is 0 Å². The van der Waals surface area contributed by atoms with E-state index >= 15 is 0 Å². The first-order valence-electron chi connectivity index (χ1n) is 3.61. The molecule has 70 valence electrons. The predicted octanol–water partition coefficient (Wildman–Crippen LogP) is 2.98. The van der Waals surface area contributed by atoms with E-state index < -0.39 is 0 Å². The van der Waals surface area contributed by atoms with Crippen LogP contribution in [0.25, 0.3) is 10.6 Å². The zero-order valence-corrected chi connectivity index (χ0v) is 9.21. The van der Waals surface area contributed by atoms with Gasteiger partial charge >= 0.3 is 0 Å². The van der Waals surface area contributed by atoms with E-state index in [0.29, 0.717) is 20.7 Å². The van der Waals surface area contributed by atoms with Crippen LogP contribution in [0.4, 0.5) is 5.13 Å². The molecule has 0 bridgehead atoms. The molecule has 2 N–H and O–H groups in total. The van der Waals surface area contributed by atoms with Gasteiger partial charge in [0.1, 0.15) is 16.6 Å². The molecule has 0 unspecified atom stereocenters. The maximum atomic E-state index is 8.84. The summed E-state index contributed by atoms with van der Waals surface area (Å²) >= 11 is 8.42. The van der Waals surface area contributed by atoms with Gasteiger partial charge in [0, 0.05) is 5.38 Å². The normalized spacial score (nSPS) is 10.0. The smallest absolute Gasteiger partial charge is 0.181 e. The number of hydrogen-bond donors (Lipinski definition) is 1. The molecule has 0 fully saturated rings. The lowest BCUT2D eigenvalue weighted by atomic mass is 10.3. The summed E-state index contributed by atoms with van der Waals surface area (Å²) in [6, 6.07) is 3.84. The Hall–Kier alpha value is -1.09. The van der Waals surface area contributed by atoms with E-state index in [2.05, 4.69) is 11.1 Å². The van der Waals surface area contributed by atoms with Crippen LogP contribution in [-0.4, -0.2) is 4.98 Å². The second kappa shape index (κ2) is 3.58. The number of nitrogens with two attached hydrogens (primary N) is 1. The topological polar surface area (TPSA) is 62.7 Å². The van der Waals surface area contributed by atoms with E-state index in [1.807, 2.05) is 0 Å². The van der Waals surface area contributed by atoms with Gasteiger partial charge in [-0.05, 0) is 6.07 Å². The first kappa shape index (κ1) is 9.46. The molecule has 3 nitrogen and oxygen atoms in total. The number of anilines is 1. The quantitative estimate of drug-likeness (QED) is 0.835. The summed E-state index contributed by atoms with van der Waals surface area (Å²) < 4.78 is 0. The molecule has 0 saturated heterocycles. The number of thiazole rings is 1. The molecule has 0 spiro atoms. The zero-order valence-electron chi connectivity index (χ0n) is 6.82. The van der Waals surface area contributed by atoms with Gasteiger partial charge in [-0.1, -0.05) is 22.9 Å². The van der Waals surface area contributed by atoms with Crippen LogP contribution >= 0.6 is 34.3 Å². The lowest BCUT2D eigenvalue weighted by molar-refractivity contribution is 1.41. The molecular weight excluding hydrogens is 238 g/mol. The summed E-state index contributed by atoms with van der Waals surface area (Å²) in [5, 5.41) is 11.7. The highest BCUT2D eigenvalue weighted by Crippen LogP contribution is 2.34. The van der Waals surface area contributed by atoms with Crippen molar-refractivity contribution in [2.24, 2.45) is 0 Å². The third-order valence-corrected chi connectivity index (χ3v) is 3.62. The third kappa shape index (κ3) is 1.60. The first-order valence-corrected chi connectivity index (χ1v) is 5.69. The molecule has 0 aliphatic heterocycles. The lowest BCUT2D eigenvalue weighted by Crippen LogP contribution is -1.81. The van der Waals surface area contributed by atoms with Crippen molar-refractivity contribution in [2.75, 3.05) is 5.73 Å². The van der Waals surface area contributed by atoms with Gasteiger partial charge in [0.25, 0.3) is 0 Å². The van der Waals surface area contributed by atoms with Crippen LogP contribution in [0, 0.1) is 11.3 Å². The Bertz CT molecular complexity index is 509. The largest absolute Gasteiger partial charge is 0.375 e. The molecule has 0 radical (unpaired) electrons. The molecule has 2 aromatic heterocycles. The molecule has 2 heterocycles. The number of nitriles is 1. The maximum absolute atomic E-state index is 8.84. The average Bonchev–Trinajstić information content (AvgIpc) is 2.71. The standard InChI is InChI=1S/C8H4ClN3S2/c9-4-1-5(13-3-4)7-6(2-10)14-8(11)12-7/h1,3H,(H2,11,12). The monoisotopic (exact) mass is 241 g/mol. The minimum atomic E-state index is 0.404. The van der Waals surface area contributed by atoms with Crippen LogP contribution in [0.1, 0.15) is 4.88 Å². The highest BCUT2D eigenvalue weighted by atomic mass is 35.5. The first-order chi connectivity index (χ1) is 6.70. The van der Waals surface area contributed by atoms with Gasteiger partial charge in [-0.25, -0.2) is 4.98 Å². The van der Waals surface area contributed by atoms with E-state index in [-0.39, 0.29) is 0 Å². The molecule has 0 aliphatic carbocycles. The van der Waals surface area contributed by atoms with Crippen LogP contribution in [0.15, 0.2) is 11.4 Å². The number of hydrogen-bond acceptors (Lipinski definition) is 5. The van der Waals surface area contributed by atoms with E-state index in [1.165, 1.54) is 22.7 Å². The van der Waals surface area contributed by atoms with Crippen molar-refractivity contribution in [3.8, 4) is 16.6 Å². The van der Waals surface area contributed by atoms with Crippen molar-refractivity contribution in [1.29, 1.82) is 5.26 Å². The van der Waals surface area contributed by atoms with E-state index in [0.717, 1.165) is 4.88 Å². The molecule has 14 heavy (non-hydrogen) atoms. The third-order valence-electron chi connectivity index (χ3n) is 1.55. The highest BCUT2D eigenvalue weighted by molar-refractivity contribution is 7.17. The Balaban J connectivity index is 2.56. The Morgan fingerprint density at radius 1 is 1.57 bits per heavy atom. The molecule has 2 rings (SSSR count). The van der Waals surface area contributed by atoms with Gasteiger partial charge in [0.05, 0.1) is 9.90 Å². The number of halogens is 1. The molecule has 0 aliphatic rings. The summed E-state index contributed by atoms with van der Waals surface area (Å²) in [6.45, 7) is 0. The maximum Gasteiger partial charge on any atom is 0.181 e. The van der Waals surface area contributed by atoms with Gasteiger partial charge in [-0.2, -0.15) is 5.26 Å². The summed E-state index contributed by atoms with van der Waals surface area (Å²) in [5.41, 5.74) is 6.16. The Labute approximate surface area is 93.4 Å². The summed E-state index contributed by atoms with van der Waals surface area (Å²) in [7, 11) is 0. The number of nitrogens with zero attached hydrogens (tertiary/aromatic N) is 2. The van der Waals surface area contributed by atoms with E-state index in [4.69, 9.17) is 22.6 Å². The molecule has 2 aromatic rings. The molecule has 0 amide bonds. The SMILES string of the molecule is N#Cc1sc(N)nc1-c1cc(Cl)cs1. The van der Waals surface area contributed by atoms with Crippen LogP contribution in [0.5, 0.6) is 0 Å². The number of aromatic nitrogens is 1. The molecule has 0 aromatic carbocycles. The Morgan fingerprint density at radius 2 is 2.36 bits per heavy atom. The second-order valence-corrected chi connectivity index (χ2v) is 4.85. The minimum absolute atomic E-state index is 0.404. The fourth-order valence-electron chi connectivity index (χ4n) is 1.02. The number of thiophene rings is 1. The fraction of sp³-hybridized carbons (Fsp3) is 0. The van der Waals surface area contributed by atoms with Gasteiger partial charge in [0.15, 0.2) is 5.13 Å². The highest BCUT2D eigenvalue weighted by Gasteiger charge is 2.12.